The van der Waals surface area contributed by atoms with Gasteiger partial charge in [0.2, 0.25) is 0 Å². The van der Waals surface area contributed by atoms with Gasteiger partial charge in [-0.05, 0) is 17.7 Å². The van der Waals surface area contributed by atoms with E-state index in [1.807, 2.05) is 30.3 Å². The third-order valence-electron chi connectivity index (χ3n) is 2.56. The minimum Gasteiger partial charge on any atom is -0.349 e. The Hall–Kier alpha value is -1.39. The minimum absolute atomic E-state index is 0.0740. The minimum atomic E-state index is -0.211. The molecule has 0 saturated carbocycles. The highest BCUT2D eigenvalue weighted by atomic mass is 79.9. The van der Waals surface area contributed by atoms with Gasteiger partial charge in [-0.1, -0.05) is 57.9 Å². The molecule has 0 aliphatic carbocycles. The molecule has 1 aromatic carbocycles. The monoisotopic (exact) mass is 338 g/mol. The Kier molecular flexibility index (Phi) is 4.93. The molecule has 0 aliphatic rings. The molecule has 19 heavy (non-hydrogen) atoms. The number of hydrogen-bond acceptors (Lipinski definition) is 2. The molecule has 1 unspecified atom stereocenters. The highest BCUT2D eigenvalue weighted by molar-refractivity contribution is 9.09. The fourth-order valence-corrected chi connectivity index (χ4v) is 2.14. The Bertz CT molecular complexity index is 545. The summed E-state index contributed by atoms with van der Waals surface area (Å²) >= 11 is 9.26. The van der Waals surface area contributed by atoms with Crippen LogP contribution >= 0.6 is 27.5 Å². The molecule has 3 nitrogen and oxygen atoms in total. The highest BCUT2D eigenvalue weighted by Gasteiger charge is 2.11. The third kappa shape index (κ3) is 4.04. The summed E-state index contributed by atoms with van der Waals surface area (Å²) in [7, 11) is 0. The molecule has 98 valence electrons. The molecule has 5 heteroatoms. The zero-order chi connectivity index (χ0) is 13.7. The number of amides is 1. The molecule has 0 bridgehead atoms. The van der Waals surface area contributed by atoms with Crippen molar-refractivity contribution in [2.45, 2.75) is 4.83 Å². The number of alkyl halides is 1. The molecule has 2 rings (SSSR count). The van der Waals surface area contributed by atoms with Crippen LogP contribution in [0.15, 0.2) is 48.7 Å². The Morgan fingerprint density at radius 2 is 2.00 bits per heavy atom. The fraction of sp³-hybridized carbons (Fsp3) is 0.143. The molecule has 0 fully saturated rings. The molecule has 1 atom stereocenters. The number of rotatable bonds is 4. The van der Waals surface area contributed by atoms with Crippen molar-refractivity contribution in [2.75, 3.05) is 6.54 Å². The van der Waals surface area contributed by atoms with Gasteiger partial charge in [-0.2, -0.15) is 0 Å². The molecule has 1 heterocycles. The Balaban J connectivity index is 1.92. The van der Waals surface area contributed by atoms with Crippen LogP contribution in [0.4, 0.5) is 0 Å². The maximum Gasteiger partial charge on any atom is 0.269 e. The van der Waals surface area contributed by atoms with E-state index < -0.39 is 0 Å². The standard InChI is InChI=1S/C14H12BrClN2O/c15-12(10-4-2-1-3-5-10)9-18-14(19)13-7-6-11(16)8-17-13/h1-8,12H,9H2,(H,18,19). The second-order valence-electron chi connectivity index (χ2n) is 3.95. The van der Waals surface area contributed by atoms with Crippen LogP contribution in [0.2, 0.25) is 5.02 Å². The highest BCUT2D eigenvalue weighted by Crippen LogP contribution is 2.21. The lowest BCUT2D eigenvalue weighted by molar-refractivity contribution is 0.0949. The van der Waals surface area contributed by atoms with Gasteiger partial charge < -0.3 is 5.32 Å². The van der Waals surface area contributed by atoms with E-state index in [-0.39, 0.29) is 10.7 Å². The van der Waals surface area contributed by atoms with E-state index in [4.69, 9.17) is 11.6 Å². The van der Waals surface area contributed by atoms with Crippen LogP contribution < -0.4 is 5.32 Å². The van der Waals surface area contributed by atoms with Gasteiger partial charge in [0.25, 0.3) is 5.91 Å². The summed E-state index contributed by atoms with van der Waals surface area (Å²) in [5, 5.41) is 3.34. The zero-order valence-corrected chi connectivity index (χ0v) is 12.4. The van der Waals surface area contributed by atoms with Gasteiger partial charge in [0, 0.05) is 12.7 Å². The van der Waals surface area contributed by atoms with Crippen molar-refractivity contribution in [3.05, 3.63) is 64.9 Å². The first-order valence-electron chi connectivity index (χ1n) is 5.75. The van der Waals surface area contributed by atoms with Gasteiger partial charge in [0.15, 0.2) is 0 Å². The van der Waals surface area contributed by atoms with Crippen molar-refractivity contribution >= 4 is 33.4 Å². The Labute approximate surface area is 125 Å². The van der Waals surface area contributed by atoms with E-state index in [2.05, 4.69) is 26.2 Å². The number of halogens is 2. The molecule has 0 spiro atoms. The summed E-state index contributed by atoms with van der Waals surface area (Å²) in [5.41, 5.74) is 1.48. The van der Waals surface area contributed by atoms with Gasteiger partial charge in [-0.3, -0.25) is 4.79 Å². The number of pyridine rings is 1. The summed E-state index contributed by atoms with van der Waals surface area (Å²) in [6.07, 6.45) is 1.46. The SMILES string of the molecule is O=C(NCC(Br)c1ccccc1)c1ccc(Cl)cn1. The van der Waals surface area contributed by atoms with Gasteiger partial charge in [0.1, 0.15) is 5.69 Å². The number of benzene rings is 1. The van der Waals surface area contributed by atoms with Crippen LogP contribution in [0.25, 0.3) is 0 Å². The summed E-state index contributed by atoms with van der Waals surface area (Å²) in [5.74, 6) is -0.211. The maximum absolute atomic E-state index is 11.9. The zero-order valence-electron chi connectivity index (χ0n) is 10.0. The van der Waals surface area contributed by atoms with E-state index in [1.165, 1.54) is 6.20 Å². The molecular weight excluding hydrogens is 328 g/mol. The lowest BCUT2D eigenvalue weighted by Gasteiger charge is -2.11. The summed E-state index contributed by atoms with van der Waals surface area (Å²) in [4.78, 5) is 15.9. The molecular formula is C14H12BrClN2O. The van der Waals surface area contributed by atoms with Crippen LogP contribution in [0.5, 0.6) is 0 Å². The smallest absolute Gasteiger partial charge is 0.269 e. The van der Waals surface area contributed by atoms with Crippen LogP contribution in [0, 0.1) is 0 Å². The van der Waals surface area contributed by atoms with Gasteiger partial charge in [0.05, 0.1) is 9.85 Å². The van der Waals surface area contributed by atoms with Crippen molar-refractivity contribution in [2.24, 2.45) is 0 Å². The molecule has 0 radical (unpaired) electrons. The first-order valence-corrected chi connectivity index (χ1v) is 7.05. The molecule has 1 N–H and O–H groups in total. The maximum atomic E-state index is 11.9. The molecule has 2 aromatic rings. The van der Waals surface area contributed by atoms with Gasteiger partial charge in [-0.15, -0.1) is 0 Å². The van der Waals surface area contributed by atoms with Crippen LogP contribution in [0.1, 0.15) is 20.9 Å². The molecule has 1 amide bonds. The summed E-state index contributed by atoms with van der Waals surface area (Å²) in [6, 6.07) is 13.1. The first kappa shape index (κ1) is 14.0. The number of carbonyl (C=O) groups is 1. The first-order chi connectivity index (χ1) is 9.16. The van der Waals surface area contributed by atoms with Crippen LogP contribution in [-0.4, -0.2) is 17.4 Å². The predicted molar refractivity (Wildman–Crippen MR) is 79.7 cm³/mol. The van der Waals surface area contributed by atoms with E-state index in [0.29, 0.717) is 17.3 Å². The number of carbonyl (C=O) groups excluding carboxylic acids is 1. The van der Waals surface area contributed by atoms with Crippen LogP contribution in [-0.2, 0) is 0 Å². The number of aromatic nitrogens is 1. The molecule has 1 aromatic heterocycles. The van der Waals surface area contributed by atoms with E-state index in [0.717, 1.165) is 5.56 Å². The predicted octanol–water partition coefficient (Wildman–Crippen LogP) is 3.60. The van der Waals surface area contributed by atoms with Crippen molar-refractivity contribution in [3.8, 4) is 0 Å². The average molecular weight is 340 g/mol. The number of nitrogens with zero attached hydrogens (tertiary/aromatic N) is 1. The number of hydrogen-bond donors (Lipinski definition) is 1. The summed E-state index contributed by atoms with van der Waals surface area (Å²) in [6.45, 7) is 0.493. The topological polar surface area (TPSA) is 42.0 Å². The van der Waals surface area contributed by atoms with Crippen molar-refractivity contribution < 1.29 is 4.79 Å². The van der Waals surface area contributed by atoms with Crippen LogP contribution in [0.3, 0.4) is 0 Å². The lowest BCUT2D eigenvalue weighted by atomic mass is 10.1. The van der Waals surface area contributed by atoms with E-state index >= 15 is 0 Å². The second-order valence-corrected chi connectivity index (χ2v) is 5.49. The van der Waals surface area contributed by atoms with Crippen molar-refractivity contribution in [1.29, 1.82) is 0 Å². The average Bonchev–Trinajstić information content (AvgIpc) is 2.46. The third-order valence-corrected chi connectivity index (χ3v) is 3.64. The van der Waals surface area contributed by atoms with E-state index in [9.17, 15) is 4.79 Å². The molecule has 0 aliphatic heterocycles. The molecule has 0 saturated heterocycles. The summed E-state index contributed by atoms with van der Waals surface area (Å²) < 4.78 is 0. The second kappa shape index (κ2) is 6.68. The van der Waals surface area contributed by atoms with Crippen molar-refractivity contribution in [3.63, 3.8) is 0 Å². The largest absolute Gasteiger partial charge is 0.349 e. The van der Waals surface area contributed by atoms with Gasteiger partial charge >= 0.3 is 0 Å². The number of nitrogens with one attached hydrogen (secondary N) is 1. The Morgan fingerprint density at radius 1 is 1.26 bits per heavy atom. The quantitative estimate of drug-likeness (QED) is 0.865. The van der Waals surface area contributed by atoms with Gasteiger partial charge in [-0.25, -0.2) is 4.98 Å². The van der Waals surface area contributed by atoms with Crippen molar-refractivity contribution in [1.82, 2.24) is 10.3 Å². The lowest BCUT2D eigenvalue weighted by Crippen LogP contribution is -2.27. The van der Waals surface area contributed by atoms with E-state index in [1.54, 1.807) is 12.1 Å². The fourth-order valence-electron chi connectivity index (χ4n) is 1.56. The Morgan fingerprint density at radius 3 is 2.63 bits per heavy atom. The normalized spacial score (nSPS) is 11.9.